The highest BCUT2D eigenvalue weighted by Crippen LogP contribution is 2.32. The van der Waals surface area contributed by atoms with E-state index in [-0.39, 0.29) is 12.4 Å². The first-order valence-corrected chi connectivity index (χ1v) is 4.93. The van der Waals surface area contributed by atoms with Gasteiger partial charge >= 0.3 is 0 Å². The van der Waals surface area contributed by atoms with E-state index in [0.717, 1.165) is 0 Å². The third kappa shape index (κ3) is 1.31. The number of hydrogen-bond donors (Lipinski definition) is 1. The van der Waals surface area contributed by atoms with Crippen LogP contribution in [-0.4, -0.2) is 30.7 Å². The predicted octanol–water partition coefficient (Wildman–Crippen LogP) is 0.940. The number of carbonyl (C=O) groups is 1. The Kier molecular flexibility index (Phi) is 2.19. The molecule has 0 bridgehead atoms. The Hall–Kier alpha value is -0.710. The van der Waals surface area contributed by atoms with Gasteiger partial charge in [-0.05, 0) is 11.4 Å². The topological polar surface area (TPSA) is 46.5 Å². The second-order valence-electron chi connectivity index (χ2n) is 3.24. The SMILES string of the molecule is O=C(c1cccs1)C1(CO)COC1. The second kappa shape index (κ2) is 3.21. The maximum atomic E-state index is 11.8. The van der Waals surface area contributed by atoms with Crippen LogP contribution in [0.25, 0.3) is 0 Å². The molecule has 2 heterocycles. The molecule has 0 saturated carbocycles. The summed E-state index contributed by atoms with van der Waals surface area (Å²) in [4.78, 5) is 12.5. The average Bonchev–Trinajstić information content (AvgIpc) is 2.54. The number of hydrogen-bond acceptors (Lipinski definition) is 4. The Balaban J connectivity index is 2.21. The molecule has 3 nitrogen and oxygen atoms in total. The van der Waals surface area contributed by atoms with E-state index in [4.69, 9.17) is 9.84 Å². The van der Waals surface area contributed by atoms with Crippen molar-refractivity contribution in [2.24, 2.45) is 5.41 Å². The van der Waals surface area contributed by atoms with E-state index in [9.17, 15) is 4.79 Å². The average molecular weight is 198 g/mol. The Morgan fingerprint density at radius 2 is 2.46 bits per heavy atom. The van der Waals surface area contributed by atoms with Crippen molar-refractivity contribution in [1.29, 1.82) is 0 Å². The predicted molar refractivity (Wildman–Crippen MR) is 49.0 cm³/mol. The van der Waals surface area contributed by atoms with Crippen LogP contribution in [0.1, 0.15) is 9.67 Å². The van der Waals surface area contributed by atoms with E-state index in [1.807, 2.05) is 11.4 Å². The first-order chi connectivity index (χ1) is 6.28. The van der Waals surface area contributed by atoms with Crippen LogP contribution in [-0.2, 0) is 4.74 Å². The first-order valence-electron chi connectivity index (χ1n) is 4.05. The molecule has 0 spiro atoms. The number of aliphatic hydroxyl groups excluding tert-OH is 1. The third-order valence-electron chi connectivity index (χ3n) is 2.29. The fourth-order valence-corrected chi connectivity index (χ4v) is 2.10. The van der Waals surface area contributed by atoms with Gasteiger partial charge in [-0.25, -0.2) is 0 Å². The molecule has 0 amide bonds. The van der Waals surface area contributed by atoms with Crippen molar-refractivity contribution in [3.63, 3.8) is 0 Å². The Bertz CT molecular complexity index is 295. The molecule has 4 heteroatoms. The van der Waals surface area contributed by atoms with Gasteiger partial charge < -0.3 is 9.84 Å². The molecular weight excluding hydrogens is 188 g/mol. The van der Waals surface area contributed by atoms with Gasteiger partial charge in [0.25, 0.3) is 0 Å². The molecule has 1 N–H and O–H groups in total. The minimum atomic E-state index is -0.648. The van der Waals surface area contributed by atoms with Gasteiger partial charge in [-0.2, -0.15) is 0 Å². The van der Waals surface area contributed by atoms with E-state index < -0.39 is 5.41 Å². The highest BCUT2D eigenvalue weighted by atomic mass is 32.1. The molecule has 2 rings (SSSR count). The number of ether oxygens (including phenoxy) is 1. The number of carbonyl (C=O) groups excluding carboxylic acids is 1. The van der Waals surface area contributed by atoms with Crippen LogP contribution in [0.4, 0.5) is 0 Å². The first kappa shape index (κ1) is 8.87. The number of Topliss-reactive ketones (excluding diaryl/α,β-unsaturated/α-hetero) is 1. The molecular formula is C9H10O3S. The molecule has 1 aromatic heterocycles. The van der Waals surface area contributed by atoms with Gasteiger partial charge in [0.15, 0.2) is 5.78 Å². The lowest BCUT2D eigenvalue weighted by Gasteiger charge is -2.37. The Morgan fingerprint density at radius 3 is 2.85 bits per heavy atom. The maximum Gasteiger partial charge on any atom is 0.185 e. The molecule has 0 radical (unpaired) electrons. The summed E-state index contributed by atoms with van der Waals surface area (Å²) in [6.07, 6.45) is 0. The molecule has 0 aromatic carbocycles. The summed E-state index contributed by atoms with van der Waals surface area (Å²) in [7, 11) is 0. The summed E-state index contributed by atoms with van der Waals surface area (Å²) in [6, 6.07) is 3.62. The molecule has 1 fully saturated rings. The van der Waals surface area contributed by atoms with Gasteiger partial charge in [-0.3, -0.25) is 4.79 Å². The smallest absolute Gasteiger partial charge is 0.185 e. The lowest BCUT2D eigenvalue weighted by atomic mass is 9.81. The van der Waals surface area contributed by atoms with Crippen LogP contribution in [0, 0.1) is 5.41 Å². The van der Waals surface area contributed by atoms with Crippen LogP contribution >= 0.6 is 11.3 Å². The fourth-order valence-electron chi connectivity index (χ4n) is 1.31. The fraction of sp³-hybridized carbons (Fsp3) is 0.444. The molecule has 0 atom stereocenters. The van der Waals surface area contributed by atoms with Crippen molar-refractivity contribution in [2.45, 2.75) is 0 Å². The van der Waals surface area contributed by atoms with Crippen molar-refractivity contribution < 1.29 is 14.6 Å². The summed E-state index contributed by atoms with van der Waals surface area (Å²) in [5, 5.41) is 11.0. The van der Waals surface area contributed by atoms with Crippen molar-refractivity contribution in [1.82, 2.24) is 0 Å². The zero-order valence-corrected chi connectivity index (χ0v) is 7.84. The molecule has 13 heavy (non-hydrogen) atoms. The zero-order valence-electron chi connectivity index (χ0n) is 7.03. The van der Waals surface area contributed by atoms with E-state index in [1.54, 1.807) is 6.07 Å². The van der Waals surface area contributed by atoms with Gasteiger partial charge in [0.05, 0.1) is 24.7 Å². The van der Waals surface area contributed by atoms with Crippen LogP contribution in [0.15, 0.2) is 17.5 Å². The van der Waals surface area contributed by atoms with Crippen LogP contribution in [0.5, 0.6) is 0 Å². The molecule has 1 aromatic rings. The van der Waals surface area contributed by atoms with E-state index in [0.29, 0.717) is 18.1 Å². The van der Waals surface area contributed by atoms with Gasteiger partial charge in [0.1, 0.15) is 5.41 Å². The van der Waals surface area contributed by atoms with Crippen LogP contribution < -0.4 is 0 Å². The van der Waals surface area contributed by atoms with Crippen molar-refractivity contribution in [3.05, 3.63) is 22.4 Å². The Morgan fingerprint density at radius 1 is 1.69 bits per heavy atom. The third-order valence-corrected chi connectivity index (χ3v) is 3.15. The number of thiophene rings is 1. The number of ketones is 1. The van der Waals surface area contributed by atoms with Gasteiger partial charge in [-0.15, -0.1) is 11.3 Å². The lowest BCUT2D eigenvalue weighted by Crippen LogP contribution is -2.51. The highest BCUT2D eigenvalue weighted by molar-refractivity contribution is 7.12. The van der Waals surface area contributed by atoms with Crippen molar-refractivity contribution >= 4 is 17.1 Å². The molecule has 70 valence electrons. The van der Waals surface area contributed by atoms with Gasteiger partial charge in [0.2, 0.25) is 0 Å². The van der Waals surface area contributed by atoms with Crippen molar-refractivity contribution in [2.75, 3.05) is 19.8 Å². The second-order valence-corrected chi connectivity index (χ2v) is 4.19. The van der Waals surface area contributed by atoms with E-state index in [1.165, 1.54) is 11.3 Å². The van der Waals surface area contributed by atoms with Gasteiger partial charge in [0, 0.05) is 0 Å². The Labute approximate surface area is 80.0 Å². The minimum absolute atomic E-state index is 0.0104. The van der Waals surface area contributed by atoms with E-state index >= 15 is 0 Å². The summed E-state index contributed by atoms with van der Waals surface area (Å²) >= 11 is 1.41. The molecule has 1 aliphatic rings. The number of rotatable bonds is 3. The molecule has 1 aliphatic heterocycles. The standard InChI is InChI=1S/C9H10O3S/c10-4-9(5-12-6-9)8(11)7-2-1-3-13-7/h1-3,10H,4-6H2. The van der Waals surface area contributed by atoms with Crippen molar-refractivity contribution in [3.8, 4) is 0 Å². The van der Waals surface area contributed by atoms with Crippen LogP contribution in [0.2, 0.25) is 0 Å². The molecule has 1 saturated heterocycles. The monoisotopic (exact) mass is 198 g/mol. The molecule has 0 aliphatic carbocycles. The summed E-state index contributed by atoms with van der Waals surface area (Å²) < 4.78 is 4.97. The summed E-state index contributed by atoms with van der Waals surface area (Å²) in [6.45, 7) is 0.574. The largest absolute Gasteiger partial charge is 0.395 e. The number of aliphatic hydroxyl groups is 1. The van der Waals surface area contributed by atoms with Crippen LogP contribution in [0.3, 0.4) is 0 Å². The molecule has 0 unspecified atom stereocenters. The quantitative estimate of drug-likeness (QED) is 0.735. The zero-order chi connectivity index (χ0) is 9.31. The normalized spacial score (nSPS) is 19.5. The minimum Gasteiger partial charge on any atom is -0.395 e. The lowest BCUT2D eigenvalue weighted by molar-refractivity contribution is -0.109. The summed E-state index contributed by atoms with van der Waals surface area (Å²) in [5.74, 6) is 0.0104. The maximum absolute atomic E-state index is 11.8. The van der Waals surface area contributed by atoms with E-state index in [2.05, 4.69) is 0 Å². The van der Waals surface area contributed by atoms with Gasteiger partial charge in [-0.1, -0.05) is 6.07 Å². The highest BCUT2D eigenvalue weighted by Gasteiger charge is 2.45. The summed E-state index contributed by atoms with van der Waals surface area (Å²) in [5.41, 5.74) is -0.648.